The number of nitro benzene ring substituents is 1. The van der Waals surface area contributed by atoms with Crippen LogP contribution in [-0.2, 0) is 0 Å². The Labute approximate surface area is 128 Å². The molecule has 0 radical (unpaired) electrons. The highest BCUT2D eigenvalue weighted by atomic mass is 79.9. The van der Waals surface area contributed by atoms with Crippen LogP contribution in [0.3, 0.4) is 0 Å². The summed E-state index contributed by atoms with van der Waals surface area (Å²) < 4.78 is 5.47. The molecule has 0 aliphatic carbocycles. The first-order valence-electron chi connectivity index (χ1n) is 6.06. The zero-order valence-corrected chi connectivity index (χ0v) is 12.9. The lowest BCUT2D eigenvalue weighted by atomic mass is 10.1. The summed E-state index contributed by atoms with van der Waals surface area (Å²) in [5, 5.41) is 13.5. The second-order valence-electron chi connectivity index (χ2n) is 4.40. The Morgan fingerprint density at radius 3 is 2.81 bits per heavy atom. The average Bonchev–Trinajstić information content (AvgIpc) is 2.85. The van der Waals surface area contributed by atoms with Crippen LogP contribution < -0.4 is 5.32 Å². The molecule has 0 aliphatic heterocycles. The number of amides is 1. The van der Waals surface area contributed by atoms with Crippen LogP contribution in [0.25, 0.3) is 0 Å². The number of hydrogen-bond donors (Lipinski definition) is 1. The Hall–Kier alpha value is -2.22. The van der Waals surface area contributed by atoms with Crippen molar-refractivity contribution in [1.29, 1.82) is 0 Å². The van der Waals surface area contributed by atoms with E-state index in [0.717, 1.165) is 0 Å². The molecule has 1 aromatic carbocycles. The highest BCUT2D eigenvalue weighted by molar-refractivity contribution is 9.10. The van der Waals surface area contributed by atoms with E-state index in [1.165, 1.54) is 18.2 Å². The van der Waals surface area contributed by atoms with Gasteiger partial charge in [-0.1, -0.05) is 6.07 Å². The molecule has 1 aromatic heterocycles. The summed E-state index contributed by atoms with van der Waals surface area (Å²) in [4.78, 5) is 26.5. The first-order chi connectivity index (χ1) is 9.90. The van der Waals surface area contributed by atoms with Gasteiger partial charge in [0, 0.05) is 6.07 Å². The molecule has 2 aromatic rings. The molecule has 1 N–H and O–H groups in total. The van der Waals surface area contributed by atoms with Crippen LogP contribution in [0.5, 0.6) is 0 Å². The molecule has 1 unspecified atom stereocenters. The van der Waals surface area contributed by atoms with Crippen molar-refractivity contribution in [3.63, 3.8) is 0 Å². The predicted octanol–water partition coefficient (Wildman–Crippen LogP) is 3.14. The highest BCUT2D eigenvalue weighted by Gasteiger charge is 2.22. The summed E-state index contributed by atoms with van der Waals surface area (Å²) in [6, 6.07) is 3.83. The van der Waals surface area contributed by atoms with Crippen LogP contribution in [0.15, 0.2) is 33.3 Å². The van der Waals surface area contributed by atoms with E-state index in [9.17, 15) is 14.9 Å². The zero-order chi connectivity index (χ0) is 15.6. The molecule has 21 heavy (non-hydrogen) atoms. The van der Waals surface area contributed by atoms with Gasteiger partial charge in [0.2, 0.25) is 5.89 Å². The second kappa shape index (κ2) is 6.04. The maximum Gasteiger partial charge on any atom is 0.284 e. The second-order valence-corrected chi connectivity index (χ2v) is 5.19. The quantitative estimate of drug-likeness (QED) is 0.672. The van der Waals surface area contributed by atoms with Crippen molar-refractivity contribution in [2.75, 3.05) is 0 Å². The van der Waals surface area contributed by atoms with Gasteiger partial charge in [-0.05, 0) is 35.8 Å². The number of rotatable bonds is 4. The lowest BCUT2D eigenvalue weighted by molar-refractivity contribution is -0.385. The molecule has 110 valence electrons. The van der Waals surface area contributed by atoms with Gasteiger partial charge in [-0.2, -0.15) is 0 Å². The minimum absolute atomic E-state index is 0.142. The van der Waals surface area contributed by atoms with Gasteiger partial charge in [-0.3, -0.25) is 14.9 Å². The van der Waals surface area contributed by atoms with Crippen molar-refractivity contribution >= 4 is 27.5 Å². The highest BCUT2D eigenvalue weighted by Crippen LogP contribution is 2.28. The summed E-state index contributed by atoms with van der Waals surface area (Å²) >= 11 is 3.09. The van der Waals surface area contributed by atoms with Crippen LogP contribution in [0.2, 0.25) is 0 Å². The molecule has 1 heterocycles. The van der Waals surface area contributed by atoms with Gasteiger partial charge >= 0.3 is 0 Å². The van der Waals surface area contributed by atoms with E-state index in [1.54, 1.807) is 20.0 Å². The minimum Gasteiger partial charge on any atom is -0.444 e. The number of halogens is 1. The number of aromatic nitrogens is 1. The predicted molar refractivity (Wildman–Crippen MR) is 77.9 cm³/mol. The lowest BCUT2D eigenvalue weighted by Crippen LogP contribution is -2.27. The van der Waals surface area contributed by atoms with Crippen LogP contribution in [0, 0.1) is 17.0 Å². The molecule has 0 fully saturated rings. The number of carbonyl (C=O) groups excluding carboxylic acids is 1. The number of hydrogen-bond acceptors (Lipinski definition) is 5. The van der Waals surface area contributed by atoms with E-state index in [4.69, 9.17) is 4.42 Å². The van der Waals surface area contributed by atoms with Gasteiger partial charge in [-0.15, -0.1) is 0 Å². The van der Waals surface area contributed by atoms with Gasteiger partial charge in [0.25, 0.3) is 11.6 Å². The molecule has 7 nitrogen and oxygen atoms in total. The molecule has 0 bridgehead atoms. The summed E-state index contributed by atoms with van der Waals surface area (Å²) in [5.74, 6) is 0.568. The van der Waals surface area contributed by atoms with E-state index in [2.05, 4.69) is 26.2 Å². The fraction of sp³-hybridized carbons (Fsp3) is 0.231. The van der Waals surface area contributed by atoms with Crippen molar-refractivity contribution in [1.82, 2.24) is 10.3 Å². The third-order valence-electron chi connectivity index (χ3n) is 2.78. The van der Waals surface area contributed by atoms with Crippen LogP contribution in [0.1, 0.15) is 35.0 Å². The molecule has 0 saturated heterocycles. The fourth-order valence-electron chi connectivity index (χ4n) is 1.74. The molecule has 0 saturated carbocycles. The van der Waals surface area contributed by atoms with E-state index < -0.39 is 16.9 Å². The molecular formula is C13H12BrN3O4. The number of aryl methyl sites for hydroxylation is 1. The van der Waals surface area contributed by atoms with Crippen molar-refractivity contribution in [3.8, 4) is 0 Å². The third kappa shape index (κ3) is 3.27. The van der Waals surface area contributed by atoms with Gasteiger partial charge in [0.05, 0.1) is 16.7 Å². The summed E-state index contributed by atoms with van der Waals surface area (Å²) in [5.41, 5.74) is 0.0154. The number of benzene rings is 1. The van der Waals surface area contributed by atoms with E-state index in [1.807, 2.05) is 0 Å². The number of carbonyl (C=O) groups is 1. The van der Waals surface area contributed by atoms with Crippen molar-refractivity contribution in [2.24, 2.45) is 0 Å². The van der Waals surface area contributed by atoms with Gasteiger partial charge in [0.15, 0.2) is 0 Å². The zero-order valence-electron chi connectivity index (χ0n) is 11.3. The first kappa shape index (κ1) is 15.2. The molecular weight excluding hydrogens is 342 g/mol. The standard InChI is InChI=1S/C13H12BrN3O4/c1-7-6-15-13(21-7)8(2)16-12(18)9-4-3-5-10(11(9)14)17(19)20/h3-6,8H,1-2H3,(H,16,18). The molecule has 1 atom stereocenters. The Bertz CT molecular complexity index is 698. The number of nitrogens with one attached hydrogen (secondary N) is 1. The van der Waals surface area contributed by atoms with Crippen molar-refractivity contribution in [2.45, 2.75) is 19.9 Å². The maximum atomic E-state index is 12.2. The smallest absolute Gasteiger partial charge is 0.284 e. The normalized spacial score (nSPS) is 12.0. The summed E-state index contributed by atoms with van der Waals surface area (Å²) in [7, 11) is 0. The topological polar surface area (TPSA) is 98.3 Å². The summed E-state index contributed by atoms with van der Waals surface area (Å²) in [6.07, 6.45) is 1.56. The largest absolute Gasteiger partial charge is 0.444 e. The van der Waals surface area contributed by atoms with Crippen LogP contribution in [0.4, 0.5) is 5.69 Å². The Kier molecular flexibility index (Phi) is 4.37. The van der Waals surface area contributed by atoms with Gasteiger partial charge in [0.1, 0.15) is 16.3 Å². The van der Waals surface area contributed by atoms with Gasteiger partial charge in [-0.25, -0.2) is 4.98 Å². The summed E-state index contributed by atoms with van der Waals surface area (Å²) in [6.45, 7) is 3.47. The Morgan fingerprint density at radius 1 is 1.52 bits per heavy atom. The molecule has 8 heteroatoms. The Balaban J connectivity index is 2.21. The lowest BCUT2D eigenvalue weighted by Gasteiger charge is -2.11. The average molecular weight is 354 g/mol. The maximum absolute atomic E-state index is 12.2. The first-order valence-corrected chi connectivity index (χ1v) is 6.85. The van der Waals surface area contributed by atoms with E-state index in [0.29, 0.717) is 11.7 Å². The van der Waals surface area contributed by atoms with Gasteiger partial charge < -0.3 is 9.73 Å². The Morgan fingerprint density at radius 2 is 2.24 bits per heavy atom. The molecule has 1 amide bonds. The molecule has 0 spiro atoms. The van der Waals surface area contributed by atoms with Crippen molar-refractivity contribution in [3.05, 3.63) is 56.2 Å². The molecule has 0 aliphatic rings. The third-order valence-corrected chi connectivity index (χ3v) is 3.61. The number of oxazole rings is 1. The monoisotopic (exact) mass is 353 g/mol. The van der Waals surface area contributed by atoms with E-state index in [-0.39, 0.29) is 15.7 Å². The van der Waals surface area contributed by atoms with Crippen molar-refractivity contribution < 1.29 is 14.1 Å². The number of nitro groups is 1. The minimum atomic E-state index is -0.554. The van der Waals surface area contributed by atoms with Crippen LogP contribution >= 0.6 is 15.9 Å². The van der Waals surface area contributed by atoms with Crippen LogP contribution in [-0.4, -0.2) is 15.8 Å². The van der Waals surface area contributed by atoms with E-state index >= 15 is 0 Å². The fourth-order valence-corrected chi connectivity index (χ4v) is 2.33. The SMILES string of the molecule is Cc1cnc(C(C)NC(=O)c2cccc([N+](=O)[O-])c2Br)o1. The number of nitrogens with zero attached hydrogens (tertiary/aromatic N) is 2. The molecule has 2 rings (SSSR count).